The van der Waals surface area contributed by atoms with Gasteiger partial charge in [-0.2, -0.15) is 0 Å². The quantitative estimate of drug-likeness (QED) is 0.448. The molecule has 3 heterocycles. The third-order valence-corrected chi connectivity index (χ3v) is 4.16. The van der Waals surface area contributed by atoms with Crippen LogP contribution < -0.4 is 5.56 Å². The normalized spacial score (nSPS) is 11.4. The van der Waals surface area contributed by atoms with Crippen LogP contribution in [0.15, 0.2) is 50.9 Å². The highest BCUT2D eigenvalue weighted by Gasteiger charge is 2.13. The average molecular weight is 298 g/mol. The van der Waals surface area contributed by atoms with Crippen molar-refractivity contribution in [3.8, 4) is 0 Å². The number of rotatable bonds is 3. The fourth-order valence-electron chi connectivity index (χ4n) is 2.20. The van der Waals surface area contributed by atoms with E-state index in [1.54, 1.807) is 0 Å². The lowest BCUT2D eigenvalue weighted by Gasteiger charge is -1.98. The van der Waals surface area contributed by atoms with Crippen LogP contribution in [0.4, 0.5) is 0 Å². The molecular formula is C14H10N4O2S. The van der Waals surface area contributed by atoms with Crippen molar-refractivity contribution in [1.29, 1.82) is 0 Å². The molecule has 0 bridgehead atoms. The van der Waals surface area contributed by atoms with E-state index in [-0.39, 0.29) is 5.56 Å². The first-order chi connectivity index (χ1) is 10.3. The zero-order valence-electron chi connectivity index (χ0n) is 10.8. The highest BCUT2D eigenvalue weighted by molar-refractivity contribution is 7.98. The summed E-state index contributed by atoms with van der Waals surface area (Å²) in [4.78, 5) is 19.7. The molecule has 0 fully saturated rings. The smallest absolute Gasteiger partial charge is 0.264 e. The summed E-state index contributed by atoms with van der Waals surface area (Å²) < 4.78 is 5.85. The Morgan fingerprint density at radius 3 is 2.95 bits per heavy atom. The molecule has 0 aliphatic heterocycles. The van der Waals surface area contributed by atoms with Gasteiger partial charge in [0, 0.05) is 22.9 Å². The van der Waals surface area contributed by atoms with E-state index in [4.69, 9.17) is 4.42 Å². The van der Waals surface area contributed by atoms with Crippen LogP contribution in [0.1, 0.15) is 5.69 Å². The van der Waals surface area contributed by atoms with Gasteiger partial charge in [-0.3, -0.25) is 9.89 Å². The van der Waals surface area contributed by atoms with Crippen LogP contribution in [-0.4, -0.2) is 20.2 Å². The summed E-state index contributed by atoms with van der Waals surface area (Å²) in [5.41, 5.74) is 2.96. The van der Waals surface area contributed by atoms with Gasteiger partial charge in [-0.15, -0.1) is 0 Å². The lowest BCUT2D eigenvalue weighted by molar-refractivity contribution is 0.653. The summed E-state index contributed by atoms with van der Waals surface area (Å²) in [6, 6.07) is 9.30. The van der Waals surface area contributed by atoms with Gasteiger partial charge in [0.2, 0.25) is 0 Å². The van der Waals surface area contributed by atoms with E-state index in [0.29, 0.717) is 11.3 Å². The molecule has 21 heavy (non-hydrogen) atoms. The Bertz CT molecular complexity index is 985. The molecule has 0 radical (unpaired) electrons. The first-order valence-electron chi connectivity index (χ1n) is 6.33. The minimum atomic E-state index is -0.137. The summed E-state index contributed by atoms with van der Waals surface area (Å²) in [7, 11) is 0. The van der Waals surface area contributed by atoms with Gasteiger partial charge in [0.15, 0.2) is 5.58 Å². The standard InChI is InChI=1S/C14H10N4O2S/c19-11-5-8(17-18-11)6-21-14-13-12(15-7-16-14)9-3-1-2-4-10(9)20-13/h1-5,7H,6H2,(H2,17,18,19). The van der Waals surface area contributed by atoms with Gasteiger partial charge in [-0.05, 0) is 12.1 Å². The number of furan rings is 1. The van der Waals surface area contributed by atoms with Gasteiger partial charge in [-0.1, -0.05) is 23.9 Å². The average Bonchev–Trinajstić information content (AvgIpc) is 3.09. The van der Waals surface area contributed by atoms with Gasteiger partial charge in [0.25, 0.3) is 5.56 Å². The molecular weight excluding hydrogens is 288 g/mol. The Kier molecular flexibility index (Phi) is 2.78. The number of aromatic amines is 2. The molecule has 4 aromatic rings. The Balaban J connectivity index is 1.76. The Hall–Kier alpha value is -2.54. The zero-order valence-corrected chi connectivity index (χ0v) is 11.6. The Morgan fingerprint density at radius 1 is 1.19 bits per heavy atom. The van der Waals surface area contributed by atoms with Gasteiger partial charge < -0.3 is 9.52 Å². The summed E-state index contributed by atoms with van der Waals surface area (Å²) >= 11 is 1.50. The molecule has 2 N–H and O–H groups in total. The number of nitrogens with one attached hydrogen (secondary N) is 2. The fourth-order valence-corrected chi connectivity index (χ4v) is 3.04. The molecule has 7 heteroatoms. The fraction of sp³-hybridized carbons (Fsp3) is 0.0714. The molecule has 0 saturated carbocycles. The number of fused-ring (bicyclic) bond motifs is 3. The van der Waals surface area contributed by atoms with Crippen LogP contribution in [0, 0.1) is 0 Å². The van der Waals surface area contributed by atoms with Crippen molar-refractivity contribution in [2.75, 3.05) is 0 Å². The van der Waals surface area contributed by atoms with E-state index in [0.717, 1.165) is 27.2 Å². The first kappa shape index (κ1) is 12.2. The minimum absolute atomic E-state index is 0.137. The SMILES string of the molecule is O=c1cc(CSc2ncnc3c2oc2ccccc23)[nH][nH]1. The zero-order chi connectivity index (χ0) is 14.2. The molecule has 1 aromatic carbocycles. The van der Waals surface area contributed by atoms with Gasteiger partial charge in [0.05, 0.1) is 0 Å². The van der Waals surface area contributed by atoms with Crippen LogP contribution in [0.3, 0.4) is 0 Å². The second-order valence-corrected chi connectivity index (χ2v) is 5.49. The van der Waals surface area contributed by atoms with Crippen LogP contribution >= 0.6 is 11.8 Å². The van der Waals surface area contributed by atoms with Gasteiger partial charge in [-0.25, -0.2) is 9.97 Å². The number of nitrogens with zero attached hydrogens (tertiary/aromatic N) is 2. The topological polar surface area (TPSA) is 87.6 Å². The van der Waals surface area contributed by atoms with Crippen molar-refractivity contribution < 1.29 is 4.42 Å². The van der Waals surface area contributed by atoms with Crippen molar-refractivity contribution in [2.24, 2.45) is 0 Å². The van der Waals surface area contributed by atoms with E-state index in [1.165, 1.54) is 24.2 Å². The third-order valence-electron chi connectivity index (χ3n) is 3.14. The highest BCUT2D eigenvalue weighted by atomic mass is 32.2. The molecule has 0 unspecified atom stereocenters. The van der Waals surface area contributed by atoms with E-state index >= 15 is 0 Å². The van der Waals surface area contributed by atoms with Crippen LogP contribution in [0.25, 0.3) is 22.1 Å². The number of hydrogen-bond acceptors (Lipinski definition) is 5. The monoisotopic (exact) mass is 298 g/mol. The Labute approximate surface area is 122 Å². The second kappa shape index (κ2) is 4.78. The molecule has 0 aliphatic carbocycles. The van der Waals surface area contributed by atoms with Crippen LogP contribution in [-0.2, 0) is 5.75 Å². The molecule has 3 aromatic heterocycles. The summed E-state index contributed by atoms with van der Waals surface area (Å²) in [5.74, 6) is 0.599. The molecule has 104 valence electrons. The van der Waals surface area contributed by atoms with E-state index in [9.17, 15) is 4.79 Å². The van der Waals surface area contributed by atoms with Crippen LogP contribution in [0.5, 0.6) is 0 Å². The molecule has 0 atom stereocenters. The lowest BCUT2D eigenvalue weighted by atomic mass is 10.2. The molecule has 0 spiro atoms. The van der Waals surface area contributed by atoms with Gasteiger partial charge >= 0.3 is 0 Å². The number of thioether (sulfide) groups is 1. The van der Waals surface area contributed by atoms with E-state index in [1.807, 2.05) is 24.3 Å². The summed E-state index contributed by atoms with van der Waals surface area (Å²) in [6.45, 7) is 0. The number of aromatic nitrogens is 4. The van der Waals surface area contributed by atoms with Crippen molar-refractivity contribution in [2.45, 2.75) is 10.8 Å². The molecule has 4 rings (SSSR count). The van der Waals surface area contributed by atoms with Crippen molar-refractivity contribution >= 4 is 33.8 Å². The first-order valence-corrected chi connectivity index (χ1v) is 7.31. The van der Waals surface area contributed by atoms with Crippen molar-refractivity contribution in [3.05, 3.63) is 52.7 Å². The number of para-hydroxylation sites is 1. The number of benzene rings is 1. The summed E-state index contributed by atoms with van der Waals surface area (Å²) in [5, 5.41) is 7.07. The predicted molar refractivity (Wildman–Crippen MR) is 80.3 cm³/mol. The van der Waals surface area contributed by atoms with E-state index < -0.39 is 0 Å². The molecule has 0 aliphatic rings. The molecule has 0 amide bonds. The largest absolute Gasteiger partial charge is 0.451 e. The minimum Gasteiger partial charge on any atom is -0.451 e. The van der Waals surface area contributed by atoms with Crippen LogP contribution in [0.2, 0.25) is 0 Å². The molecule has 6 nitrogen and oxygen atoms in total. The maximum absolute atomic E-state index is 11.1. The van der Waals surface area contributed by atoms with Crippen molar-refractivity contribution in [3.63, 3.8) is 0 Å². The lowest BCUT2D eigenvalue weighted by Crippen LogP contribution is -1.93. The van der Waals surface area contributed by atoms with E-state index in [2.05, 4.69) is 20.2 Å². The predicted octanol–water partition coefficient (Wildman–Crippen LogP) is 2.68. The Morgan fingerprint density at radius 2 is 2.10 bits per heavy atom. The van der Waals surface area contributed by atoms with Crippen molar-refractivity contribution in [1.82, 2.24) is 20.2 Å². The maximum atomic E-state index is 11.1. The highest BCUT2D eigenvalue weighted by Crippen LogP contribution is 2.33. The number of H-pyrrole nitrogens is 2. The maximum Gasteiger partial charge on any atom is 0.264 e. The second-order valence-electron chi connectivity index (χ2n) is 4.53. The molecule has 0 saturated heterocycles. The number of hydrogen-bond donors (Lipinski definition) is 2. The third kappa shape index (κ3) is 2.11. The van der Waals surface area contributed by atoms with Gasteiger partial charge in [0.1, 0.15) is 22.5 Å². The summed E-state index contributed by atoms with van der Waals surface area (Å²) in [6.07, 6.45) is 1.53.